The van der Waals surface area contributed by atoms with Crippen LogP contribution in [0.3, 0.4) is 0 Å². The average molecular weight is 532 g/mol. The van der Waals surface area contributed by atoms with Crippen molar-refractivity contribution < 1.29 is 0 Å². The van der Waals surface area contributed by atoms with Crippen molar-refractivity contribution in [1.82, 2.24) is 14.9 Å². The second-order valence-corrected chi connectivity index (χ2v) is 9.96. The van der Waals surface area contributed by atoms with Gasteiger partial charge in [-0.15, -0.1) is 0 Å². The van der Waals surface area contributed by atoms with Crippen LogP contribution in [0.15, 0.2) is 83.5 Å². The van der Waals surface area contributed by atoms with Gasteiger partial charge in [0.05, 0.1) is 17.8 Å². The predicted octanol–water partition coefficient (Wildman–Crippen LogP) is 6.99. The number of aryl methyl sites for hydroxylation is 2. The summed E-state index contributed by atoms with van der Waals surface area (Å²) in [5.74, 6) is 0. The highest BCUT2D eigenvalue weighted by Gasteiger charge is 2.42. The van der Waals surface area contributed by atoms with Crippen molar-refractivity contribution in [2.75, 3.05) is 4.90 Å². The minimum atomic E-state index is -0.0592. The number of nitrogens with one attached hydrogen (secondary N) is 1. The number of hydrogen-bond donors (Lipinski definition) is 1. The second-order valence-electron chi connectivity index (χ2n) is 8.66. The van der Waals surface area contributed by atoms with E-state index < -0.39 is 0 Å². The molecule has 2 atom stereocenters. The topological polar surface area (TPSA) is 33.1 Å². The van der Waals surface area contributed by atoms with E-state index in [0.29, 0.717) is 0 Å². The third-order valence-electron chi connectivity index (χ3n) is 6.58. The zero-order valence-electron chi connectivity index (χ0n) is 19.5. The highest BCUT2D eigenvalue weighted by atomic mass is 79.9. The number of pyridine rings is 1. The SMILES string of the molecule is CCc1ccc(N2C(=S)N[C@H](c3ccccn3)[C@@H]2c2cc(C)n(-c3cccc(Br)c3)c2C)cc1. The molecule has 0 amide bonds. The number of thiocarbonyl (C=S) groups is 1. The number of hydrogen-bond acceptors (Lipinski definition) is 2. The first kappa shape index (κ1) is 22.8. The van der Waals surface area contributed by atoms with Crippen LogP contribution < -0.4 is 10.2 Å². The smallest absolute Gasteiger partial charge is 0.174 e. The van der Waals surface area contributed by atoms with E-state index in [2.05, 4.69) is 112 Å². The number of nitrogens with zero attached hydrogens (tertiary/aromatic N) is 3. The summed E-state index contributed by atoms with van der Waals surface area (Å²) in [5, 5.41) is 4.30. The lowest BCUT2D eigenvalue weighted by atomic mass is 9.96. The molecule has 4 aromatic rings. The molecule has 34 heavy (non-hydrogen) atoms. The molecule has 0 saturated carbocycles. The van der Waals surface area contributed by atoms with Crippen LogP contribution in [0.4, 0.5) is 5.69 Å². The molecule has 5 rings (SSSR count). The Morgan fingerprint density at radius 1 is 0.971 bits per heavy atom. The van der Waals surface area contributed by atoms with Gasteiger partial charge in [0.1, 0.15) is 0 Å². The Labute approximate surface area is 214 Å². The van der Waals surface area contributed by atoms with Gasteiger partial charge in [0.25, 0.3) is 0 Å². The van der Waals surface area contributed by atoms with E-state index in [4.69, 9.17) is 17.2 Å². The molecule has 1 N–H and O–H groups in total. The van der Waals surface area contributed by atoms with E-state index in [1.807, 2.05) is 18.3 Å². The molecule has 0 unspecified atom stereocenters. The van der Waals surface area contributed by atoms with Gasteiger partial charge in [0.2, 0.25) is 0 Å². The summed E-state index contributed by atoms with van der Waals surface area (Å²) >= 11 is 9.53. The van der Waals surface area contributed by atoms with Gasteiger partial charge in [-0.3, -0.25) is 4.98 Å². The summed E-state index contributed by atoms with van der Waals surface area (Å²) < 4.78 is 3.38. The fourth-order valence-electron chi connectivity index (χ4n) is 4.94. The Kier molecular flexibility index (Phi) is 6.28. The van der Waals surface area contributed by atoms with E-state index in [1.165, 1.54) is 22.5 Å². The maximum absolute atomic E-state index is 5.91. The fourth-order valence-corrected chi connectivity index (χ4v) is 5.67. The molecule has 3 heterocycles. The maximum atomic E-state index is 5.91. The molecule has 0 spiro atoms. The number of rotatable bonds is 5. The van der Waals surface area contributed by atoms with Crippen molar-refractivity contribution in [2.24, 2.45) is 0 Å². The minimum absolute atomic E-state index is 0.0259. The van der Waals surface area contributed by atoms with Gasteiger partial charge in [-0.25, -0.2) is 0 Å². The Bertz CT molecular complexity index is 1330. The van der Waals surface area contributed by atoms with Crippen LogP contribution in [-0.2, 0) is 6.42 Å². The van der Waals surface area contributed by atoms with Crippen molar-refractivity contribution >= 4 is 38.9 Å². The maximum Gasteiger partial charge on any atom is 0.174 e. The lowest BCUT2D eigenvalue weighted by Gasteiger charge is -2.28. The van der Waals surface area contributed by atoms with Crippen LogP contribution >= 0.6 is 28.1 Å². The molecule has 1 aliphatic rings. The quantitative estimate of drug-likeness (QED) is 0.282. The molecule has 0 bridgehead atoms. The van der Waals surface area contributed by atoms with Crippen molar-refractivity contribution in [2.45, 2.75) is 39.3 Å². The monoisotopic (exact) mass is 530 g/mol. The Morgan fingerprint density at radius 2 is 1.76 bits per heavy atom. The molecule has 2 aromatic carbocycles. The third kappa shape index (κ3) is 4.05. The zero-order valence-corrected chi connectivity index (χ0v) is 21.9. The van der Waals surface area contributed by atoms with Crippen molar-refractivity contribution in [3.8, 4) is 5.69 Å². The lowest BCUT2D eigenvalue weighted by Crippen LogP contribution is -2.29. The molecular weight excluding hydrogens is 504 g/mol. The summed E-state index contributed by atoms with van der Waals surface area (Å²) in [5.41, 5.74) is 8.14. The number of aromatic nitrogens is 2. The van der Waals surface area contributed by atoms with Gasteiger partial charge >= 0.3 is 0 Å². The van der Waals surface area contributed by atoms with Crippen LogP contribution in [-0.4, -0.2) is 14.7 Å². The zero-order chi connectivity index (χ0) is 23.8. The molecule has 1 saturated heterocycles. The van der Waals surface area contributed by atoms with Gasteiger partial charge in [0, 0.05) is 33.4 Å². The molecule has 1 aliphatic heterocycles. The average Bonchev–Trinajstić information content (AvgIpc) is 3.34. The molecule has 0 aliphatic carbocycles. The summed E-state index contributed by atoms with van der Waals surface area (Å²) in [6.45, 7) is 6.53. The Morgan fingerprint density at radius 3 is 2.44 bits per heavy atom. The van der Waals surface area contributed by atoms with Gasteiger partial charge in [-0.05, 0) is 92.1 Å². The lowest BCUT2D eigenvalue weighted by molar-refractivity contribution is 0.565. The van der Waals surface area contributed by atoms with Gasteiger partial charge in [-0.1, -0.05) is 47.1 Å². The molecule has 2 aromatic heterocycles. The first-order chi connectivity index (χ1) is 16.5. The van der Waals surface area contributed by atoms with E-state index in [9.17, 15) is 0 Å². The summed E-state index contributed by atoms with van der Waals surface area (Å²) in [6.07, 6.45) is 2.86. The van der Waals surface area contributed by atoms with Crippen LogP contribution in [0.1, 0.15) is 47.2 Å². The van der Waals surface area contributed by atoms with Crippen LogP contribution in [0.2, 0.25) is 0 Å². The highest BCUT2D eigenvalue weighted by Crippen LogP contribution is 2.43. The molecule has 4 nitrogen and oxygen atoms in total. The minimum Gasteiger partial charge on any atom is -0.351 e. The predicted molar refractivity (Wildman–Crippen MR) is 147 cm³/mol. The largest absolute Gasteiger partial charge is 0.351 e. The van der Waals surface area contributed by atoms with Gasteiger partial charge < -0.3 is 14.8 Å². The molecule has 1 fully saturated rings. The van der Waals surface area contributed by atoms with Crippen molar-refractivity contribution in [3.05, 3.63) is 112 Å². The number of halogens is 1. The van der Waals surface area contributed by atoms with Gasteiger partial charge in [-0.2, -0.15) is 0 Å². The van der Waals surface area contributed by atoms with Crippen LogP contribution in [0, 0.1) is 13.8 Å². The summed E-state index contributed by atoms with van der Waals surface area (Å²) in [6, 6.07) is 25.4. The molecule has 6 heteroatoms. The third-order valence-corrected chi connectivity index (χ3v) is 7.38. The van der Waals surface area contributed by atoms with Crippen LogP contribution in [0.25, 0.3) is 5.69 Å². The molecular formula is C28H27BrN4S. The van der Waals surface area contributed by atoms with Crippen LogP contribution in [0.5, 0.6) is 0 Å². The van der Waals surface area contributed by atoms with E-state index in [-0.39, 0.29) is 12.1 Å². The van der Waals surface area contributed by atoms with Gasteiger partial charge in [0.15, 0.2) is 5.11 Å². The Hall–Kier alpha value is -2.96. The van der Waals surface area contributed by atoms with Crippen molar-refractivity contribution in [1.29, 1.82) is 0 Å². The van der Waals surface area contributed by atoms with E-state index in [0.717, 1.165) is 33.1 Å². The first-order valence-corrected chi connectivity index (χ1v) is 12.7. The molecule has 0 radical (unpaired) electrons. The normalized spacial score (nSPS) is 17.8. The number of anilines is 1. The van der Waals surface area contributed by atoms with E-state index >= 15 is 0 Å². The highest BCUT2D eigenvalue weighted by molar-refractivity contribution is 9.10. The second kappa shape index (κ2) is 9.35. The standard InChI is InChI=1S/C28H27BrN4S/c1-4-20-11-13-22(14-12-20)33-27(26(31-28(33)34)25-10-5-6-15-30-25)24-16-18(2)32(19(24)3)23-9-7-8-21(29)17-23/h5-17,26-27H,4H2,1-3H3,(H,31,34)/t26-,27+/m1/s1. The first-order valence-electron chi connectivity index (χ1n) is 11.5. The van der Waals surface area contributed by atoms with Crippen molar-refractivity contribution in [3.63, 3.8) is 0 Å². The summed E-state index contributed by atoms with van der Waals surface area (Å²) in [7, 11) is 0. The fraction of sp³-hybridized carbons (Fsp3) is 0.214. The molecule has 172 valence electrons. The summed E-state index contributed by atoms with van der Waals surface area (Å²) in [4.78, 5) is 6.94. The number of benzene rings is 2. The van der Waals surface area contributed by atoms with E-state index in [1.54, 1.807) is 0 Å². The Balaban J connectivity index is 1.67.